The van der Waals surface area contributed by atoms with Gasteiger partial charge in [0, 0.05) is 30.5 Å². The van der Waals surface area contributed by atoms with Crippen molar-refractivity contribution in [1.29, 1.82) is 5.26 Å². The van der Waals surface area contributed by atoms with Crippen LogP contribution in [0.15, 0.2) is 64.1 Å². The van der Waals surface area contributed by atoms with Crippen molar-refractivity contribution >= 4 is 15.9 Å². The van der Waals surface area contributed by atoms with Gasteiger partial charge in [-0.2, -0.15) is 5.26 Å². The largest absolute Gasteiger partial charge is 0.294 e. The van der Waals surface area contributed by atoms with Crippen LogP contribution in [-0.2, 0) is 26.1 Å². The van der Waals surface area contributed by atoms with Gasteiger partial charge in [0.1, 0.15) is 0 Å². The zero-order valence-electron chi connectivity index (χ0n) is 15.3. The first kappa shape index (κ1) is 18.6. The van der Waals surface area contributed by atoms with Crippen LogP contribution in [-0.4, -0.2) is 21.0 Å². The van der Waals surface area contributed by atoms with Gasteiger partial charge in [-0.3, -0.25) is 14.3 Å². The number of aromatic nitrogens is 2. The van der Waals surface area contributed by atoms with Gasteiger partial charge in [0.2, 0.25) is 0 Å². The molecule has 1 aliphatic rings. The molecule has 6 heteroatoms. The Morgan fingerprint density at radius 1 is 1.11 bits per heavy atom. The second-order valence-electron chi connectivity index (χ2n) is 7.00. The fourth-order valence-corrected chi connectivity index (χ4v) is 3.80. The summed E-state index contributed by atoms with van der Waals surface area (Å²) in [5, 5.41) is 9.08. The molecule has 1 aromatic heterocycles. The predicted molar refractivity (Wildman–Crippen MR) is 111 cm³/mol. The van der Waals surface area contributed by atoms with Crippen LogP contribution in [0.25, 0.3) is 0 Å². The van der Waals surface area contributed by atoms with Crippen LogP contribution in [0.2, 0.25) is 0 Å². The van der Waals surface area contributed by atoms with E-state index in [9.17, 15) is 4.79 Å². The standard InChI is InChI=1S/C22H19BrN4O/c23-19-6-4-16(5-7-19)13-27-15-25-21-8-9-26(14-20(21)22(27)28)12-18-3-1-2-17(10-18)11-24/h1-7,10,15H,8-9,12-14H2. The zero-order chi connectivity index (χ0) is 19.5. The van der Waals surface area contributed by atoms with Crippen molar-refractivity contribution in [3.05, 3.63) is 97.6 Å². The van der Waals surface area contributed by atoms with Crippen molar-refractivity contribution in [3.63, 3.8) is 0 Å². The van der Waals surface area contributed by atoms with Crippen molar-refractivity contribution in [2.24, 2.45) is 0 Å². The van der Waals surface area contributed by atoms with Crippen molar-refractivity contribution < 1.29 is 0 Å². The summed E-state index contributed by atoms with van der Waals surface area (Å²) in [4.78, 5) is 19.8. The molecule has 0 aliphatic carbocycles. The first-order valence-corrected chi connectivity index (χ1v) is 9.95. The van der Waals surface area contributed by atoms with Gasteiger partial charge in [-0.15, -0.1) is 0 Å². The van der Waals surface area contributed by atoms with Gasteiger partial charge < -0.3 is 0 Å². The smallest absolute Gasteiger partial charge is 0.258 e. The summed E-state index contributed by atoms with van der Waals surface area (Å²) in [7, 11) is 0. The highest BCUT2D eigenvalue weighted by atomic mass is 79.9. The van der Waals surface area contributed by atoms with Crippen LogP contribution >= 0.6 is 15.9 Å². The van der Waals surface area contributed by atoms with E-state index in [4.69, 9.17) is 5.26 Å². The fraction of sp³-hybridized carbons (Fsp3) is 0.227. The monoisotopic (exact) mass is 434 g/mol. The molecular weight excluding hydrogens is 416 g/mol. The third kappa shape index (κ3) is 4.06. The van der Waals surface area contributed by atoms with E-state index in [2.05, 4.69) is 31.9 Å². The van der Waals surface area contributed by atoms with Crippen molar-refractivity contribution in [2.45, 2.75) is 26.1 Å². The lowest BCUT2D eigenvalue weighted by Gasteiger charge is -2.28. The van der Waals surface area contributed by atoms with Crippen molar-refractivity contribution in [1.82, 2.24) is 14.5 Å². The molecule has 0 unspecified atom stereocenters. The third-order valence-corrected chi connectivity index (χ3v) is 5.52. The van der Waals surface area contributed by atoms with Crippen LogP contribution in [0.1, 0.15) is 27.9 Å². The molecule has 2 aromatic carbocycles. The van der Waals surface area contributed by atoms with Gasteiger partial charge in [0.05, 0.1) is 35.8 Å². The van der Waals surface area contributed by atoms with E-state index in [1.54, 1.807) is 17.0 Å². The molecule has 140 valence electrons. The predicted octanol–water partition coefficient (Wildman–Crippen LogP) is 3.48. The Kier molecular flexibility index (Phi) is 5.38. The molecule has 3 aromatic rings. The minimum Gasteiger partial charge on any atom is -0.294 e. The maximum atomic E-state index is 13.0. The molecule has 0 atom stereocenters. The Balaban J connectivity index is 1.54. The Bertz CT molecular complexity index is 1100. The molecule has 1 aliphatic heterocycles. The molecule has 2 heterocycles. The summed E-state index contributed by atoms with van der Waals surface area (Å²) >= 11 is 3.43. The lowest BCUT2D eigenvalue weighted by Crippen LogP contribution is -2.37. The molecule has 0 saturated carbocycles. The van der Waals surface area contributed by atoms with E-state index >= 15 is 0 Å². The Morgan fingerprint density at radius 3 is 2.71 bits per heavy atom. The van der Waals surface area contributed by atoms with E-state index in [-0.39, 0.29) is 5.56 Å². The number of hydrogen-bond acceptors (Lipinski definition) is 4. The van der Waals surface area contributed by atoms with Gasteiger partial charge in [0.15, 0.2) is 0 Å². The van der Waals surface area contributed by atoms with Crippen molar-refractivity contribution in [3.8, 4) is 6.07 Å². The van der Waals surface area contributed by atoms with E-state index in [0.29, 0.717) is 18.7 Å². The van der Waals surface area contributed by atoms with Crippen LogP contribution < -0.4 is 5.56 Å². The Labute approximate surface area is 172 Å². The lowest BCUT2D eigenvalue weighted by molar-refractivity contribution is 0.240. The van der Waals surface area contributed by atoms with Gasteiger partial charge in [-0.05, 0) is 35.4 Å². The molecule has 0 bridgehead atoms. The van der Waals surface area contributed by atoms with Gasteiger partial charge in [-0.1, -0.05) is 40.2 Å². The maximum Gasteiger partial charge on any atom is 0.258 e. The minimum absolute atomic E-state index is 0.0309. The number of halogens is 1. The van der Waals surface area contributed by atoms with Crippen LogP contribution in [0.3, 0.4) is 0 Å². The van der Waals surface area contributed by atoms with E-state index in [0.717, 1.165) is 46.4 Å². The van der Waals surface area contributed by atoms with Gasteiger partial charge in [0.25, 0.3) is 5.56 Å². The molecule has 0 spiro atoms. The normalized spacial score (nSPS) is 13.7. The number of nitriles is 1. The molecule has 0 saturated heterocycles. The number of rotatable bonds is 4. The molecule has 5 nitrogen and oxygen atoms in total. The highest BCUT2D eigenvalue weighted by Crippen LogP contribution is 2.17. The molecule has 0 N–H and O–H groups in total. The second kappa shape index (κ2) is 8.09. The van der Waals surface area contributed by atoms with Crippen LogP contribution in [0.4, 0.5) is 0 Å². The summed E-state index contributed by atoms with van der Waals surface area (Å²) in [6, 6.07) is 17.8. The molecule has 0 fully saturated rings. The Morgan fingerprint density at radius 2 is 1.93 bits per heavy atom. The summed E-state index contributed by atoms with van der Waals surface area (Å²) in [5.41, 5.74) is 4.52. The quantitative estimate of drug-likeness (QED) is 0.630. The number of nitrogens with zero attached hydrogens (tertiary/aromatic N) is 4. The summed E-state index contributed by atoms with van der Waals surface area (Å²) in [5.74, 6) is 0. The summed E-state index contributed by atoms with van der Waals surface area (Å²) < 4.78 is 2.70. The number of benzene rings is 2. The topological polar surface area (TPSA) is 61.9 Å². The van der Waals surface area contributed by atoms with Crippen LogP contribution in [0, 0.1) is 11.3 Å². The minimum atomic E-state index is 0.0309. The average Bonchev–Trinajstić information content (AvgIpc) is 2.72. The van der Waals surface area contributed by atoms with Gasteiger partial charge in [-0.25, -0.2) is 4.98 Å². The molecule has 28 heavy (non-hydrogen) atoms. The molecular formula is C22H19BrN4O. The first-order chi connectivity index (χ1) is 13.6. The number of hydrogen-bond donors (Lipinski definition) is 0. The summed E-state index contributed by atoms with van der Waals surface area (Å²) in [6.07, 6.45) is 2.43. The highest BCUT2D eigenvalue weighted by Gasteiger charge is 2.21. The first-order valence-electron chi connectivity index (χ1n) is 9.15. The SMILES string of the molecule is N#Cc1cccc(CN2CCc3ncn(Cc4ccc(Br)cc4)c(=O)c3C2)c1. The van der Waals surface area contributed by atoms with E-state index in [1.807, 2.05) is 42.5 Å². The van der Waals surface area contributed by atoms with Gasteiger partial charge >= 0.3 is 0 Å². The zero-order valence-corrected chi connectivity index (χ0v) is 16.9. The van der Waals surface area contributed by atoms with Crippen molar-refractivity contribution in [2.75, 3.05) is 6.54 Å². The van der Waals surface area contributed by atoms with E-state index in [1.165, 1.54) is 0 Å². The van der Waals surface area contributed by atoms with E-state index < -0.39 is 0 Å². The highest BCUT2D eigenvalue weighted by molar-refractivity contribution is 9.10. The molecule has 0 amide bonds. The lowest BCUT2D eigenvalue weighted by atomic mass is 10.1. The Hall–Kier alpha value is -2.75. The second-order valence-corrected chi connectivity index (χ2v) is 7.92. The molecule has 0 radical (unpaired) electrons. The average molecular weight is 435 g/mol. The molecule has 4 rings (SSSR count). The third-order valence-electron chi connectivity index (χ3n) is 5.00. The van der Waals surface area contributed by atoms with Crippen LogP contribution in [0.5, 0.6) is 0 Å². The maximum absolute atomic E-state index is 13.0. The number of fused-ring (bicyclic) bond motifs is 1. The summed E-state index contributed by atoms with van der Waals surface area (Å²) in [6.45, 7) is 2.67. The fourth-order valence-electron chi connectivity index (χ4n) is 3.54.